The second-order valence-electron chi connectivity index (χ2n) is 4.16. The molecular weight excluding hydrogens is 266 g/mol. The second-order valence-corrected chi connectivity index (χ2v) is 6.49. The van der Waals surface area contributed by atoms with Gasteiger partial charge in [0.25, 0.3) is 0 Å². The number of rotatable bonds is 0. The predicted molar refractivity (Wildman–Crippen MR) is 74.2 cm³/mol. The van der Waals surface area contributed by atoms with Gasteiger partial charge in [-0.25, -0.2) is 4.79 Å². The number of hydrogen-bond acceptors (Lipinski definition) is 1. The Morgan fingerprint density at radius 3 is 2.61 bits per heavy atom. The first-order chi connectivity index (χ1) is 8.66. The Balaban J connectivity index is 2.23. The van der Waals surface area contributed by atoms with Crippen molar-refractivity contribution in [2.75, 3.05) is 0 Å². The number of nitrogens with two attached hydrogens (primary N) is 1. The highest BCUT2D eigenvalue weighted by Crippen LogP contribution is 2.36. The van der Waals surface area contributed by atoms with E-state index in [0.29, 0.717) is 5.02 Å². The summed E-state index contributed by atoms with van der Waals surface area (Å²) in [5.74, 6) is 0. The topological polar surface area (TPSA) is 43.1 Å². The molecule has 0 spiro atoms. The molecular formula is C14H11ClNOS+. The molecule has 1 atom stereocenters. The van der Waals surface area contributed by atoms with Crippen LogP contribution in [0.3, 0.4) is 0 Å². The summed E-state index contributed by atoms with van der Waals surface area (Å²) in [6.07, 6.45) is 0.808. The SMILES string of the molecule is NC(=O)[S+]1c2ccccc2Cc2cc(Cl)ccc21. The smallest absolute Gasteiger partial charge is 0.324 e. The summed E-state index contributed by atoms with van der Waals surface area (Å²) < 4.78 is 0. The summed E-state index contributed by atoms with van der Waals surface area (Å²) in [6, 6.07) is 13.6. The van der Waals surface area contributed by atoms with Gasteiger partial charge in [-0.3, -0.25) is 0 Å². The Hall–Kier alpha value is -1.45. The number of carbonyl (C=O) groups is 1. The van der Waals surface area contributed by atoms with Crippen molar-refractivity contribution in [3.8, 4) is 0 Å². The number of carbonyl (C=O) groups excluding carboxylic acids is 1. The zero-order valence-corrected chi connectivity index (χ0v) is 11.1. The molecule has 0 saturated carbocycles. The minimum Gasteiger partial charge on any atom is -0.324 e. The van der Waals surface area contributed by atoms with Crippen molar-refractivity contribution in [2.45, 2.75) is 16.2 Å². The van der Waals surface area contributed by atoms with E-state index in [1.807, 2.05) is 42.5 Å². The quantitative estimate of drug-likeness (QED) is 0.737. The van der Waals surface area contributed by atoms with E-state index in [9.17, 15) is 4.79 Å². The van der Waals surface area contributed by atoms with E-state index in [4.69, 9.17) is 17.3 Å². The average Bonchev–Trinajstić information content (AvgIpc) is 2.35. The van der Waals surface area contributed by atoms with Crippen molar-refractivity contribution in [2.24, 2.45) is 5.73 Å². The largest absolute Gasteiger partial charge is 0.438 e. The van der Waals surface area contributed by atoms with Crippen LogP contribution in [0.4, 0.5) is 4.79 Å². The molecule has 3 rings (SSSR count). The summed E-state index contributed by atoms with van der Waals surface area (Å²) in [4.78, 5) is 13.8. The van der Waals surface area contributed by atoms with Crippen molar-refractivity contribution >= 4 is 27.7 Å². The van der Waals surface area contributed by atoms with Crippen molar-refractivity contribution < 1.29 is 4.79 Å². The van der Waals surface area contributed by atoms with Gasteiger partial charge in [-0.15, -0.1) is 0 Å². The maximum Gasteiger partial charge on any atom is 0.438 e. The molecule has 2 N–H and O–H groups in total. The summed E-state index contributed by atoms with van der Waals surface area (Å²) in [7, 11) is -0.674. The third kappa shape index (κ3) is 1.80. The normalized spacial score (nSPS) is 16.8. The molecule has 1 unspecified atom stereocenters. The first kappa shape index (κ1) is 11.6. The third-order valence-corrected chi connectivity index (χ3v) is 5.33. The van der Waals surface area contributed by atoms with E-state index < -0.39 is 10.9 Å². The van der Waals surface area contributed by atoms with Crippen LogP contribution in [0.5, 0.6) is 0 Å². The number of primary amides is 1. The molecule has 4 heteroatoms. The molecule has 0 fully saturated rings. The zero-order valence-electron chi connectivity index (χ0n) is 9.52. The molecule has 1 aliphatic rings. The van der Waals surface area contributed by atoms with Crippen molar-refractivity contribution in [3.05, 3.63) is 58.6 Å². The van der Waals surface area contributed by atoms with Crippen LogP contribution in [0.25, 0.3) is 0 Å². The maximum atomic E-state index is 11.8. The molecule has 1 amide bonds. The molecule has 1 heterocycles. The van der Waals surface area contributed by atoms with Crippen LogP contribution in [-0.2, 0) is 17.3 Å². The van der Waals surface area contributed by atoms with Gasteiger partial charge in [-0.05, 0) is 24.3 Å². The van der Waals surface area contributed by atoms with Crippen LogP contribution in [0, 0.1) is 0 Å². The molecule has 2 nitrogen and oxygen atoms in total. The van der Waals surface area contributed by atoms with E-state index >= 15 is 0 Å². The molecule has 2 aromatic rings. The fraction of sp³-hybridized carbons (Fsp3) is 0.0714. The highest BCUT2D eigenvalue weighted by Gasteiger charge is 2.40. The Labute approximate surface area is 113 Å². The van der Waals surface area contributed by atoms with Crippen LogP contribution in [0.15, 0.2) is 52.3 Å². The van der Waals surface area contributed by atoms with Crippen LogP contribution >= 0.6 is 11.6 Å². The minimum absolute atomic E-state index is 0.286. The Kier molecular flexibility index (Phi) is 2.80. The number of hydrogen-bond donors (Lipinski definition) is 1. The summed E-state index contributed by atoms with van der Waals surface area (Å²) >= 11 is 6.02. The Morgan fingerprint density at radius 1 is 1.11 bits per heavy atom. The van der Waals surface area contributed by atoms with Gasteiger partial charge >= 0.3 is 5.24 Å². The lowest BCUT2D eigenvalue weighted by Gasteiger charge is -2.17. The summed E-state index contributed by atoms with van der Waals surface area (Å²) in [5, 5.41) is 0.409. The molecule has 0 bridgehead atoms. The van der Waals surface area contributed by atoms with Gasteiger partial charge in [0.15, 0.2) is 20.7 Å². The number of amides is 1. The van der Waals surface area contributed by atoms with Crippen LogP contribution < -0.4 is 5.73 Å². The van der Waals surface area contributed by atoms with Crippen molar-refractivity contribution in [1.82, 2.24) is 0 Å². The van der Waals surface area contributed by atoms with Gasteiger partial charge in [0.05, 0.1) is 0 Å². The van der Waals surface area contributed by atoms with E-state index in [2.05, 4.69) is 0 Å². The molecule has 2 aromatic carbocycles. The lowest BCUT2D eigenvalue weighted by molar-refractivity contribution is 0.266. The first-order valence-corrected chi connectivity index (χ1v) is 7.17. The highest BCUT2D eigenvalue weighted by molar-refractivity contribution is 8.11. The Bertz CT molecular complexity index is 641. The van der Waals surface area contributed by atoms with Crippen LogP contribution in [0.1, 0.15) is 11.1 Å². The standard InChI is InChI=1S/C14H10ClNOS/c15-11-5-6-13-10(8-11)7-9-3-1-2-4-12(9)18(13)14(16)17/h1-6,8H,7H2,(H-,16,17)/p+1. The molecule has 0 saturated heterocycles. The maximum absolute atomic E-state index is 11.8. The predicted octanol–water partition coefficient (Wildman–Crippen LogP) is 3.36. The monoisotopic (exact) mass is 276 g/mol. The third-order valence-electron chi connectivity index (χ3n) is 3.02. The van der Waals surface area contributed by atoms with Crippen LogP contribution in [0.2, 0.25) is 5.02 Å². The van der Waals surface area contributed by atoms with E-state index in [1.54, 1.807) is 0 Å². The summed E-state index contributed by atoms with van der Waals surface area (Å²) in [6.45, 7) is 0. The second kappa shape index (κ2) is 4.34. The minimum atomic E-state index is -0.674. The molecule has 0 radical (unpaired) electrons. The molecule has 0 aromatic heterocycles. The molecule has 18 heavy (non-hydrogen) atoms. The van der Waals surface area contributed by atoms with Crippen molar-refractivity contribution in [1.29, 1.82) is 0 Å². The fourth-order valence-electron chi connectivity index (χ4n) is 2.27. The van der Waals surface area contributed by atoms with Gasteiger partial charge < -0.3 is 5.73 Å². The first-order valence-electron chi connectivity index (χ1n) is 5.57. The van der Waals surface area contributed by atoms with Crippen molar-refractivity contribution in [3.63, 3.8) is 0 Å². The number of halogens is 1. The van der Waals surface area contributed by atoms with Gasteiger partial charge in [-0.1, -0.05) is 29.8 Å². The number of benzene rings is 2. The lowest BCUT2D eigenvalue weighted by Crippen LogP contribution is -2.27. The van der Waals surface area contributed by atoms with Gasteiger partial charge in [-0.2, -0.15) is 0 Å². The van der Waals surface area contributed by atoms with Gasteiger partial charge in [0.1, 0.15) is 0 Å². The van der Waals surface area contributed by atoms with E-state index in [1.165, 1.54) is 0 Å². The Morgan fingerprint density at radius 2 is 1.83 bits per heavy atom. The highest BCUT2D eigenvalue weighted by atomic mass is 35.5. The molecule has 0 aliphatic carbocycles. The van der Waals surface area contributed by atoms with Crippen LogP contribution in [-0.4, -0.2) is 5.24 Å². The fourth-order valence-corrected chi connectivity index (χ4v) is 4.35. The van der Waals surface area contributed by atoms with E-state index in [-0.39, 0.29) is 5.24 Å². The molecule has 90 valence electrons. The zero-order chi connectivity index (χ0) is 12.7. The number of fused-ring (bicyclic) bond motifs is 2. The lowest BCUT2D eigenvalue weighted by atomic mass is 10.0. The molecule has 1 aliphatic heterocycles. The average molecular weight is 277 g/mol. The van der Waals surface area contributed by atoms with Gasteiger partial charge in [0, 0.05) is 22.6 Å². The summed E-state index contributed by atoms with van der Waals surface area (Å²) in [5.41, 5.74) is 7.84. The van der Waals surface area contributed by atoms with Gasteiger partial charge in [0.2, 0.25) is 0 Å². The van der Waals surface area contributed by atoms with E-state index in [0.717, 1.165) is 27.3 Å².